The van der Waals surface area contributed by atoms with Crippen LogP contribution in [-0.2, 0) is 12.4 Å². The van der Waals surface area contributed by atoms with Crippen LogP contribution in [0.15, 0.2) is 40.8 Å². The summed E-state index contributed by atoms with van der Waals surface area (Å²) < 4.78 is 78.2. The fourth-order valence-electron chi connectivity index (χ4n) is 2.22. The summed E-state index contributed by atoms with van der Waals surface area (Å²) in [4.78, 5) is 5.51. The van der Waals surface area contributed by atoms with Gasteiger partial charge in [0.1, 0.15) is 10.6 Å². The van der Waals surface area contributed by atoms with E-state index in [1.54, 1.807) is 17.5 Å². The van der Waals surface area contributed by atoms with Crippen molar-refractivity contribution in [3.8, 4) is 0 Å². The SMILES string of the molecule is FC(F)(F)c1cc(N2C(c3cccs3)=[N+]=NC2S)cc(C(F)(F)F)c1. The molecule has 0 N–H and O–H groups in total. The number of amidine groups is 1. The van der Waals surface area contributed by atoms with Crippen molar-refractivity contribution in [1.29, 1.82) is 0 Å². The number of alkyl halides is 6. The Morgan fingerprint density at radius 1 is 1.04 bits per heavy atom. The van der Waals surface area contributed by atoms with E-state index < -0.39 is 29.0 Å². The first-order chi connectivity index (χ1) is 11.6. The molecule has 2 heterocycles. The van der Waals surface area contributed by atoms with Crippen molar-refractivity contribution in [2.75, 3.05) is 4.90 Å². The van der Waals surface area contributed by atoms with Gasteiger partial charge in [-0.25, -0.2) is 0 Å². The van der Waals surface area contributed by atoms with Crippen LogP contribution in [0.3, 0.4) is 0 Å². The third-order valence-electron chi connectivity index (χ3n) is 3.31. The number of halogens is 6. The molecule has 0 saturated carbocycles. The minimum absolute atomic E-state index is 0.0756. The molecule has 1 aliphatic rings. The van der Waals surface area contributed by atoms with Gasteiger partial charge in [-0.2, -0.15) is 31.2 Å². The van der Waals surface area contributed by atoms with Crippen molar-refractivity contribution < 1.29 is 31.1 Å². The molecule has 0 saturated heterocycles. The second kappa shape index (κ2) is 6.08. The average molecular weight is 396 g/mol. The fraction of sp³-hybridized carbons (Fsp3) is 0.214. The summed E-state index contributed by atoms with van der Waals surface area (Å²) in [6.45, 7) is 0. The van der Waals surface area contributed by atoms with Crippen LogP contribution < -0.4 is 4.90 Å². The summed E-state index contributed by atoms with van der Waals surface area (Å²) in [7, 11) is 0. The first-order valence-corrected chi connectivity index (χ1v) is 8.05. The average Bonchev–Trinajstić information content (AvgIpc) is 3.14. The molecule has 11 heteroatoms. The number of nitrogens with zero attached hydrogens (tertiary/aromatic N) is 3. The molecule has 0 aliphatic carbocycles. The topological polar surface area (TPSA) is 29.7 Å². The molecule has 0 fully saturated rings. The minimum Gasteiger partial charge on any atom is -0.173 e. The lowest BCUT2D eigenvalue weighted by molar-refractivity contribution is -0.143. The largest absolute Gasteiger partial charge is 0.426 e. The Kier molecular flexibility index (Phi) is 4.34. The van der Waals surface area contributed by atoms with Gasteiger partial charge in [-0.05, 0) is 29.6 Å². The van der Waals surface area contributed by atoms with Crippen molar-refractivity contribution in [3.63, 3.8) is 0 Å². The van der Waals surface area contributed by atoms with Gasteiger partial charge in [0.15, 0.2) is 0 Å². The van der Waals surface area contributed by atoms with Gasteiger partial charge in [0, 0.05) is 5.11 Å². The smallest absolute Gasteiger partial charge is 0.173 e. The highest BCUT2D eigenvalue weighted by Crippen LogP contribution is 2.39. The van der Waals surface area contributed by atoms with E-state index in [1.807, 2.05) is 0 Å². The Morgan fingerprint density at radius 3 is 2.12 bits per heavy atom. The molecule has 1 unspecified atom stereocenters. The van der Waals surface area contributed by atoms with Gasteiger partial charge in [0.25, 0.3) is 5.50 Å². The van der Waals surface area contributed by atoms with Crippen LogP contribution in [-0.4, -0.2) is 16.1 Å². The van der Waals surface area contributed by atoms with Gasteiger partial charge in [0.05, 0.1) is 11.1 Å². The van der Waals surface area contributed by atoms with Crippen LogP contribution in [0, 0.1) is 0 Å². The zero-order valence-corrected chi connectivity index (χ0v) is 13.7. The maximum Gasteiger partial charge on any atom is 0.426 e. The zero-order valence-electron chi connectivity index (χ0n) is 12.0. The maximum atomic E-state index is 13.0. The molecule has 25 heavy (non-hydrogen) atoms. The summed E-state index contributed by atoms with van der Waals surface area (Å²) >= 11 is 5.32. The minimum atomic E-state index is -4.93. The lowest BCUT2D eigenvalue weighted by Gasteiger charge is -2.17. The van der Waals surface area contributed by atoms with Gasteiger partial charge < -0.3 is 0 Å². The molecule has 1 aromatic carbocycles. The lowest BCUT2D eigenvalue weighted by Crippen LogP contribution is -2.33. The lowest BCUT2D eigenvalue weighted by atomic mass is 10.1. The van der Waals surface area contributed by atoms with E-state index in [4.69, 9.17) is 0 Å². The number of thiophene rings is 1. The van der Waals surface area contributed by atoms with Gasteiger partial charge >= 0.3 is 18.2 Å². The molecule has 3 rings (SSSR count). The second-order valence-corrected chi connectivity index (χ2v) is 6.41. The molecule has 0 radical (unpaired) electrons. The van der Waals surface area contributed by atoms with Crippen LogP contribution in [0.2, 0.25) is 0 Å². The van der Waals surface area contributed by atoms with Crippen molar-refractivity contribution >= 4 is 35.5 Å². The van der Waals surface area contributed by atoms with E-state index in [0.717, 1.165) is 4.90 Å². The Hall–Kier alpha value is -1.97. The summed E-state index contributed by atoms with van der Waals surface area (Å²) in [6, 6.07) is 4.65. The Morgan fingerprint density at radius 2 is 1.64 bits per heavy atom. The van der Waals surface area contributed by atoms with Crippen LogP contribution >= 0.6 is 24.0 Å². The molecule has 1 aliphatic heterocycles. The van der Waals surface area contributed by atoms with Gasteiger partial charge in [0.2, 0.25) is 0 Å². The highest BCUT2D eigenvalue weighted by Gasteiger charge is 2.43. The summed E-state index contributed by atoms with van der Waals surface area (Å²) in [5, 5.41) is 5.44. The molecule has 3 nitrogen and oxygen atoms in total. The number of benzene rings is 1. The van der Waals surface area contributed by atoms with E-state index in [9.17, 15) is 26.3 Å². The molecule has 1 atom stereocenters. The molecule has 0 spiro atoms. The number of rotatable bonds is 2. The molecule has 1 aromatic heterocycles. The Bertz CT molecular complexity index is 818. The van der Waals surface area contributed by atoms with Crippen molar-refractivity contribution in [2.45, 2.75) is 17.9 Å². The van der Waals surface area contributed by atoms with Crippen LogP contribution in [0.5, 0.6) is 0 Å². The van der Waals surface area contributed by atoms with E-state index in [0.29, 0.717) is 17.0 Å². The summed E-state index contributed by atoms with van der Waals surface area (Å²) in [5.74, 6) is 0.141. The van der Waals surface area contributed by atoms with E-state index >= 15 is 0 Å². The normalized spacial score (nSPS) is 18.0. The summed E-state index contributed by atoms with van der Waals surface area (Å²) in [5.41, 5.74) is -4.18. The number of anilines is 1. The van der Waals surface area contributed by atoms with E-state index in [2.05, 4.69) is 22.5 Å². The number of thiol groups is 1. The van der Waals surface area contributed by atoms with Gasteiger partial charge in [-0.15, -0.1) is 24.0 Å². The second-order valence-electron chi connectivity index (χ2n) is 5.00. The van der Waals surface area contributed by atoms with Gasteiger partial charge in [-0.3, -0.25) is 0 Å². The van der Waals surface area contributed by atoms with Crippen molar-refractivity contribution in [1.82, 2.24) is 0 Å². The predicted molar refractivity (Wildman–Crippen MR) is 82.8 cm³/mol. The molecule has 2 aromatic rings. The molecule has 0 bridgehead atoms. The van der Waals surface area contributed by atoms with E-state index in [-0.39, 0.29) is 17.6 Å². The third kappa shape index (κ3) is 3.53. The predicted octanol–water partition coefficient (Wildman–Crippen LogP) is 4.93. The van der Waals surface area contributed by atoms with Gasteiger partial charge in [-0.1, -0.05) is 10.9 Å². The van der Waals surface area contributed by atoms with Crippen LogP contribution in [0.1, 0.15) is 16.0 Å². The Labute approximate surface area is 146 Å². The number of hydrogen-bond acceptors (Lipinski definition) is 4. The number of hydrogen-bond donors (Lipinski definition) is 1. The highest BCUT2D eigenvalue weighted by molar-refractivity contribution is 7.81. The molecular weight excluding hydrogens is 388 g/mol. The maximum absolute atomic E-state index is 13.0. The van der Waals surface area contributed by atoms with E-state index in [1.165, 1.54) is 11.3 Å². The van der Waals surface area contributed by atoms with Crippen molar-refractivity contribution in [2.24, 2.45) is 5.11 Å². The zero-order chi connectivity index (χ0) is 18.4. The fourth-order valence-corrected chi connectivity index (χ4v) is 3.22. The van der Waals surface area contributed by atoms with Crippen LogP contribution in [0.25, 0.3) is 0 Å². The Balaban J connectivity index is 2.14. The molecule has 0 amide bonds. The molecular formula is C14H8F6N3S2+. The standard InChI is InChI=1S/C14H7F6N3S2/c15-13(16,17)7-4-8(14(18,19)20)6-9(5-7)23-11(21-22-12(23)24)10-2-1-3-25-10/h1-6,12H/p+1. The molecule has 132 valence electrons. The first-order valence-electron chi connectivity index (χ1n) is 6.66. The van der Waals surface area contributed by atoms with Crippen molar-refractivity contribution in [3.05, 3.63) is 51.7 Å². The highest BCUT2D eigenvalue weighted by atomic mass is 32.1. The monoisotopic (exact) mass is 396 g/mol. The first kappa shape index (κ1) is 17.8. The summed E-state index contributed by atoms with van der Waals surface area (Å²) in [6.07, 6.45) is -9.86. The van der Waals surface area contributed by atoms with Crippen LogP contribution in [0.4, 0.5) is 32.0 Å². The third-order valence-corrected chi connectivity index (χ3v) is 4.51. The quantitative estimate of drug-likeness (QED) is 0.436.